The highest BCUT2D eigenvalue weighted by Gasteiger charge is 2.47. The highest BCUT2D eigenvalue weighted by molar-refractivity contribution is 6.08. The minimum atomic E-state index is -3.21. The smallest absolute Gasteiger partial charge is 0.320 e. The zero-order chi connectivity index (χ0) is 46.7. The summed E-state index contributed by atoms with van der Waals surface area (Å²) in [4.78, 5) is 115. The summed E-state index contributed by atoms with van der Waals surface area (Å²) in [5, 5.41) is 40.8. The van der Waals surface area contributed by atoms with Crippen LogP contribution >= 0.6 is 0 Å². The van der Waals surface area contributed by atoms with E-state index in [0.717, 1.165) is 4.90 Å². The van der Waals surface area contributed by atoms with Crippen molar-refractivity contribution in [3.63, 3.8) is 0 Å². The van der Waals surface area contributed by atoms with Crippen LogP contribution in [0.1, 0.15) is 42.5 Å². The van der Waals surface area contributed by atoms with Crippen molar-refractivity contribution in [2.75, 3.05) is 104 Å². The van der Waals surface area contributed by atoms with Gasteiger partial charge in [0.1, 0.15) is 12.1 Å². The Morgan fingerprint density at radius 2 is 1.41 bits per heavy atom. The van der Waals surface area contributed by atoms with Crippen LogP contribution in [0, 0.1) is 11.3 Å². The van der Waals surface area contributed by atoms with E-state index in [1.54, 1.807) is 48.8 Å². The standard InChI is InChI=1S/C41H52F2N10O11/c1-47(27-2-3-31-30(20-27)29(8-9-45-31)39(62)46-23-36(57)53-26-41(42,43)21-28(53)22-44)33(54)6-7-35(56)52-18-16-51(17-19-52)34(55)5-4-32(40(63)64)50-14-12-48(24-37(58)59)10-11-49(13-15-50)25-38(60)61/h2-3,8-9,20,28,32H,4-7,10-19,21,23-26H2,1H3,(H,46,62)(H,58,59)(H,60,61)(H,63,64)/t28-,32+/m0/s1. The highest BCUT2D eigenvalue weighted by Crippen LogP contribution is 2.32. The summed E-state index contributed by atoms with van der Waals surface area (Å²) >= 11 is 0. The van der Waals surface area contributed by atoms with Gasteiger partial charge in [-0.25, -0.2) is 8.78 Å². The lowest BCUT2D eigenvalue weighted by molar-refractivity contribution is -0.145. The zero-order valence-corrected chi connectivity index (χ0v) is 35.4. The Bertz CT molecular complexity index is 2120. The Morgan fingerprint density at radius 3 is 1.97 bits per heavy atom. The predicted molar refractivity (Wildman–Crippen MR) is 221 cm³/mol. The summed E-state index contributed by atoms with van der Waals surface area (Å²) in [6, 6.07) is 5.41. The molecular formula is C41H52F2N10O11. The fourth-order valence-corrected chi connectivity index (χ4v) is 8.03. The maximum Gasteiger partial charge on any atom is 0.320 e. The monoisotopic (exact) mass is 898 g/mol. The first-order valence-electron chi connectivity index (χ1n) is 20.8. The number of amides is 5. The number of carbonyl (C=O) groups is 8. The molecule has 346 valence electrons. The zero-order valence-electron chi connectivity index (χ0n) is 35.4. The number of aliphatic carboxylic acids is 3. The molecular weight excluding hydrogens is 847 g/mol. The average molecular weight is 899 g/mol. The van der Waals surface area contributed by atoms with Gasteiger partial charge in [0.25, 0.3) is 11.8 Å². The number of anilines is 1. The van der Waals surface area contributed by atoms with Gasteiger partial charge in [-0.15, -0.1) is 0 Å². The van der Waals surface area contributed by atoms with Crippen LogP contribution in [-0.4, -0.2) is 214 Å². The molecule has 0 spiro atoms. The van der Waals surface area contributed by atoms with Crippen LogP contribution in [0.25, 0.3) is 10.9 Å². The third kappa shape index (κ3) is 13.1. The van der Waals surface area contributed by atoms with Crippen LogP contribution in [0.15, 0.2) is 30.5 Å². The van der Waals surface area contributed by atoms with Crippen molar-refractivity contribution in [2.24, 2.45) is 0 Å². The predicted octanol–water partition coefficient (Wildman–Crippen LogP) is -0.540. The molecule has 3 aliphatic heterocycles. The Labute approximate surface area is 366 Å². The molecule has 1 aromatic heterocycles. The fourth-order valence-electron chi connectivity index (χ4n) is 8.03. The SMILES string of the molecule is CN(C(=O)CCC(=O)N1CCN(C(=O)CC[C@H](C(=O)O)N2CCN(CC(=O)O)CCN(CC(=O)O)CC2)CC1)c1ccc2nccc(C(=O)NCC(=O)N3CC(F)(F)C[C@H]3C#N)c2c1. The number of alkyl halides is 2. The molecule has 64 heavy (non-hydrogen) atoms. The highest BCUT2D eigenvalue weighted by atomic mass is 19.3. The lowest BCUT2D eigenvalue weighted by atomic mass is 10.1. The number of halogens is 2. The first-order valence-corrected chi connectivity index (χ1v) is 20.8. The van der Waals surface area contributed by atoms with E-state index in [9.17, 15) is 67.7 Å². The summed E-state index contributed by atoms with van der Waals surface area (Å²) in [6.45, 7) is 0.0807. The van der Waals surface area contributed by atoms with Crippen molar-refractivity contribution < 1.29 is 62.5 Å². The molecule has 23 heteroatoms. The molecule has 0 bridgehead atoms. The Hall–Kier alpha value is -6.38. The number of nitriles is 1. The largest absolute Gasteiger partial charge is 0.480 e. The number of benzene rings is 1. The van der Waals surface area contributed by atoms with E-state index >= 15 is 0 Å². The number of nitrogens with zero attached hydrogens (tertiary/aromatic N) is 9. The van der Waals surface area contributed by atoms with Gasteiger partial charge in [-0.05, 0) is 30.7 Å². The number of rotatable bonds is 16. The molecule has 5 amide bonds. The van der Waals surface area contributed by atoms with E-state index in [1.807, 2.05) is 0 Å². The number of carboxylic acid groups (broad SMARTS) is 3. The third-order valence-electron chi connectivity index (χ3n) is 11.6. The number of carbonyl (C=O) groups excluding carboxylic acids is 5. The molecule has 0 saturated carbocycles. The second kappa shape index (κ2) is 21.8. The van der Waals surface area contributed by atoms with E-state index in [2.05, 4.69) is 10.3 Å². The second-order valence-electron chi connectivity index (χ2n) is 16.0. The molecule has 4 N–H and O–H groups in total. The molecule has 21 nitrogen and oxygen atoms in total. The second-order valence-corrected chi connectivity index (χ2v) is 16.0. The summed E-state index contributed by atoms with van der Waals surface area (Å²) < 4.78 is 27.7. The first kappa shape index (κ1) is 48.6. The Balaban J connectivity index is 1.10. The normalized spacial score (nSPS) is 19.2. The summed E-state index contributed by atoms with van der Waals surface area (Å²) in [5.41, 5.74) is 0.861. The minimum Gasteiger partial charge on any atom is -0.480 e. The van der Waals surface area contributed by atoms with E-state index < -0.39 is 73.1 Å². The van der Waals surface area contributed by atoms with Crippen LogP contribution < -0.4 is 10.2 Å². The number of piperazine rings is 1. The molecule has 0 unspecified atom stereocenters. The van der Waals surface area contributed by atoms with Gasteiger partial charge in [0, 0.05) is 115 Å². The van der Waals surface area contributed by atoms with Gasteiger partial charge in [-0.3, -0.25) is 58.0 Å². The van der Waals surface area contributed by atoms with Gasteiger partial charge in [0.15, 0.2) is 0 Å². The van der Waals surface area contributed by atoms with E-state index in [4.69, 9.17) is 0 Å². The third-order valence-corrected chi connectivity index (χ3v) is 11.6. The van der Waals surface area contributed by atoms with E-state index in [-0.39, 0.29) is 122 Å². The van der Waals surface area contributed by atoms with Crippen molar-refractivity contribution in [3.05, 3.63) is 36.0 Å². The van der Waals surface area contributed by atoms with Crippen molar-refractivity contribution in [2.45, 2.75) is 50.1 Å². The van der Waals surface area contributed by atoms with Crippen LogP contribution in [-0.2, 0) is 33.6 Å². The molecule has 0 radical (unpaired) electrons. The van der Waals surface area contributed by atoms with Crippen molar-refractivity contribution in [1.29, 1.82) is 5.26 Å². The summed E-state index contributed by atoms with van der Waals surface area (Å²) in [5.74, 6) is -9.08. The minimum absolute atomic E-state index is 0.0425. The number of hydrogen-bond donors (Lipinski definition) is 4. The summed E-state index contributed by atoms with van der Waals surface area (Å²) in [6.07, 6.45) is 0.140. The van der Waals surface area contributed by atoms with Crippen molar-refractivity contribution in [1.82, 2.24) is 39.7 Å². The lowest BCUT2D eigenvalue weighted by Gasteiger charge is -2.35. The van der Waals surface area contributed by atoms with Gasteiger partial charge in [0.05, 0.1) is 43.3 Å². The summed E-state index contributed by atoms with van der Waals surface area (Å²) in [7, 11) is 1.50. The van der Waals surface area contributed by atoms with E-state index in [1.165, 1.54) is 24.2 Å². The molecule has 3 saturated heterocycles. The first-order chi connectivity index (χ1) is 30.3. The van der Waals surface area contributed by atoms with Crippen LogP contribution in [0.4, 0.5) is 14.5 Å². The molecule has 2 atom stereocenters. The van der Waals surface area contributed by atoms with Gasteiger partial charge in [-0.1, -0.05) is 0 Å². The molecule has 2 aromatic rings. The maximum absolute atomic E-state index is 13.8. The van der Waals surface area contributed by atoms with Gasteiger partial charge in [0.2, 0.25) is 23.6 Å². The van der Waals surface area contributed by atoms with Crippen LogP contribution in [0.3, 0.4) is 0 Å². The van der Waals surface area contributed by atoms with E-state index in [0.29, 0.717) is 16.6 Å². The van der Waals surface area contributed by atoms with Gasteiger partial charge >= 0.3 is 17.9 Å². The maximum atomic E-state index is 13.8. The van der Waals surface area contributed by atoms with Gasteiger partial charge in [-0.2, -0.15) is 5.26 Å². The van der Waals surface area contributed by atoms with Gasteiger partial charge < -0.3 is 40.2 Å². The number of hydrogen-bond acceptors (Lipinski definition) is 13. The number of nitrogens with one attached hydrogen (secondary N) is 1. The number of fused-ring (bicyclic) bond motifs is 1. The quantitative estimate of drug-likeness (QED) is 0.165. The Morgan fingerprint density at radius 1 is 0.828 bits per heavy atom. The van der Waals surface area contributed by atoms with Crippen molar-refractivity contribution >= 4 is 64.0 Å². The van der Waals surface area contributed by atoms with Crippen molar-refractivity contribution in [3.8, 4) is 6.07 Å². The van der Waals surface area contributed by atoms with Crippen LogP contribution in [0.2, 0.25) is 0 Å². The molecule has 4 heterocycles. The number of aromatic nitrogens is 1. The topological polar surface area (TPSA) is 269 Å². The number of pyridine rings is 1. The molecule has 1 aromatic carbocycles. The Kier molecular flexibility index (Phi) is 16.6. The molecule has 3 fully saturated rings. The number of likely N-dealkylation sites (tertiary alicyclic amines) is 1. The molecule has 0 aliphatic carbocycles. The fraction of sp³-hybridized carbons (Fsp3) is 0.561. The van der Waals surface area contributed by atoms with Crippen LogP contribution in [0.5, 0.6) is 0 Å². The molecule has 5 rings (SSSR count). The average Bonchev–Trinajstić information content (AvgIpc) is 3.63. The molecule has 3 aliphatic rings. The number of carboxylic acids is 3. The lowest BCUT2D eigenvalue weighted by Crippen LogP contribution is -2.51.